The fraction of sp³-hybridized carbons (Fsp3) is 0.559. The summed E-state index contributed by atoms with van der Waals surface area (Å²) in [5, 5.41) is 2.82. The molecule has 2 aromatic carbocycles. The lowest BCUT2D eigenvalue weighted by molar-refractivity contribution is -0.137. The molecule has 236 valence electrons. The molecule has 3 amide bonds. The number of nitrogens with one attached hydrogen (secondary N) is 1. The molecule has 2 unspecified atom stereocenters. The van der Waals surface area contributed by atoms with Crippen molar-refractivity contribution < 1.29 is 23.8 Å². The van der Waals surface area contributed by atoms with Crippen molar-refractivity contribution in [2.24, 2.45) is 5.92 Å². The number of hydrogen-bond donors (Lipinski definition) is 2. The zero-order valence-corrected chi connectivity index (χ0v) is 27.2. The average Bonchev–Trinajstić information content (AvgIpc) is 3.01. The summed E-state index contributed by atoms with van der Waals surface area (Å²) in [4.78, 5) is 55.3. The fourth-order valence-corrected chi connectivity index (χ4v) is 8.08. The predicted molar refractivity (Wildman–Crippen MR) is 172 cm³/mol. The molecule has 3 rings (SSSR count). The van der Waals surface area contributed by atoms with Gasteiger partial charge >= 0.3 is 0 Å². The molecule has 1 aliphatic rings. The Hall–Kier alpha value is -2.96. The van der Waals surface area contributed by atoms with Gasteiger partial charge in [-0.25, -0.2) is 0 Å². The van der Waals surface area contributed by atoms with Crippen LogP contribution in [-0.4, -0.2) is 70.0 Å². The van der Waals surface area contributed by atoms with Crippen LogP contribution in [0.1, 0.15) is 98.9 Å². The Morgan fingerprint density at radius 3 is 2.16 bits per heavy atom. The van der Waals surface area contributed by atoms with E-state index in [2.05, 4.69) is 5.32 Å². The molecule has 8 nitrogen and oxygen atoms in total. The molecule has 0 saturated heterocycles. The van der Waals surface area contributed by atoms with E-state index in [1.54, 1.807) is 36.1 Å². The molecule has 43 heavy (non-hydrogen) atoms. The standard InChI is InChI=1S/C34H50N3O5P/c1-5-21-36(22-6-2)34(40)29-18-14-17-28(24-29)32(38)35-31(23-27-15-10-8-11-16-27)43(41,42)25-26(4)33(39)37(7-3)30-19-12-9-13-20-30/h8,10-11,14-18,24,26,30-31H,5-7,9,12-13,19-23,25H2,1-4H3,(H,35,38)(H,41,42)/t26?,31-/m1/s1. The second kappa shape index (κ2) is 16.8. The van der Waals surface area contributed by atoms with Crippen LogP contribution >= 0.6 is 7.37 Å². The lowest BCUT2D eigenvalue weighted by atomic mass is 9.93. The SMILES string of the molecule is CCCN(CCC)C(=O)c1cccc(C(=O)N[C@@H](Cc2ccccc2)P(=O)(O)CC(C)C(=O)N(CC)C2CCCCC2)c1. The molecule has 0 aliphatic heterocycles. The molecule has 0 aromatic heterocycles. The monoisotopic (exact) mass is 611 g/mol. The van der Waals surface area contributed by atoms with Crippen LogP contribution in [0.3, 0.4) is 0 Å². The molecular formula is C34H50N3O5P. The topological polar surface area (TPSA) is 107 Å². The smallest absolute Gasteiger partial charge is 0.253 e. The number of hydrogen-bond acceptors (Lipinski definition) is 4. The Morgan fingerprint density at radius 1 is 0.930 bits per heavy atom. The molecule has 9 heteroatoms. The minimum Gasteiger partial charge on any atom is -0.343 e. The van der Waals surface area contributed by atoms with E-state index in [0.29, 0.717) is 25.2 Å². The average molecular weight is 612 g/mol. The Kier molecular flexibility index (Phi) is 13.5. The highest BCUT2D eigenvalue weighted by Crippen LogP contribution is 2.48. The van der Waals surface area contributed by atoms with E-state index in [1.807, 2.05) is 56.0 Å². The molecule has 1 fully saturated rings. The van der Waals surface area contributed by atoms with Crippen LogP contribution < -0.4 is 5.32 Å². The molecule has 0 radical (unpaired) electrons. The number of amides is 3. The Bertz CT molecular complexity index is 1240. The van der Waals surface area contributed by atoms with E-state index in [4.69, 9.17) is 0 Å². The number of nitrogens with zero attached hydrogens (tertiary/aromatic N) is 2. The molecule has 0 spiro atoms. The van der Waals surface area contributed by atoms with Gasteiger partial charge in [-0.2, -0.15) is 0 Å². The van der Waals surface area contributed by atoms with Crippen molar-refractivity contribution in [3.8, 4) is 0 Å². The van der Waals surface area contributed by atoms with Gasteiger partial charge in [-0.3, -0.25) is 18.9 Å². The van der Waals surface area contributed by atoms with Gasteiger partial charge in [-0.05, 0) is 56.4 Å². The van der Waals surface area contributed by atoms with E-state index in [9.17, 15) is 23.8 Å². The lowest BCUT2D eigenvalue weighted by Crippen LogP contribution is -2.45. The normalized spacial score (nSPS) is 16.5. The Labute approximate surface area is 257 Å². The number of carbonyl (C=O) groups excluding carboxylic acids is 3. The quantitative estimate of drug-likeness (QED) is 0.229. The summed E-state index contributed by atoms with van der Waals surface area (Å²) < 4.78 is 14.0. The first-order valence-corrected chi connectivity index (χ1v) is 17.9. The summed E-state index contributed by atoms with van der Waals surface area (Å²) in [6.07, 6.45) is 6.86. The van der Waals surface area contributed by atoms with Crippen molar-refractivity contribution in [1.82, 2.24) is 15.1 Å². The third-order valence-electron chi connectivity index (χ3n) is 8.30. The van der Waals surface area contributed by atoms with Crippen LogP contribution in [-0.2, 0) is 15.8 Å². The third kappa shape index (κ3) is 9.77. The molecule has 2 N–H and O–H groups in total. The summed E-state index contributed by atoms with van der Waals surface area (Å²) in [5.41, 5.74) is 1.45. The van der Waals surface area contributed by atoms with Crippen molar-refractivity contribution in [2.75, 3.05) is 25.8 Å². The van der Waals surface area contributed by atoms with Gasteiger partial charge in [-0.1, -0.05) is 76.4 Å². The van der Waals surface area contributed by atoms with E-state index in [-0.39, 0.29) is 36.0 Å². The number of rotatable bonds is 15. The van der Waals surface area contributed by atoms with Crippen LogP contribution in [0.2, 0.25) is 0 Å². The van der Waals surface area contributed by atoms with Crippen molar-refractivity contribution in [3.63, 3.8) is 0 Å². The van der Waals surface area contributed by atoms with E-state index < -0.39 is 25.0 Å². The molecule has 1 aliphatic carbocycles. The highest BCUT2D eigenvalue weighted by atomic mass is 31.2. The summed E-state index contributed by atoms with van der Waals surface area (Å²) in [7, 11) is -4.06. The van der Waals surface area contributed by atoms with E-state index in [1.165, 1.54) is 6.42 Å². The number of benzene rings is 2. The van der Waals surface area contributed by atoms with Crippen molar-refractivity contribution in [3.05, 3.63) is 71.3 Å². The molecule has 2 aromatic rings. The maximum Gasteiger partial charge on any atom is 0.253 e. The van der Waals surface area contributed by atoms with Crippen LogP contribution in [0.25, 0.3) is 0 Å². The van der Waals surface area contributed by atoms with E-state index >= 15 is 0 Å². The predicted octanol–water partition coefficient (Wildman–Crippen LogP) is 6.34. The first-order valence-electron chi connectivity index (χ1n) is 16.0. The summed E-state index contributed by atoms with van der Waals surface area (Å²) in [5.74, 6) is -2.55. The zero-order valence-electron chi connectivity index (χ0n) is 26.3. The maximum absolute atomic E-state index is 14.0. The molecule has 0 bridgehead atoms. The zero-order chi connectivity index (χ0) is 31.4. The summed E-state index contributed by atoms with van der Waals surface area (Å²) in [6, 6.07) is 15.9. The van der Waals surface area contributed by atoms with Gasteiger partial charge in [0, 0.05) is 55.3 Å². The van der Waals surface area contributed by atoms with Gasteiger partial charge in [0.25, 0.3) is 11.8 Å². The molecule has 1 saturated carbocycles. The van der Waals surface area contributed by atoms with Crippen molar-refractivity contribution in [1.29, 1.82) is 0 Å². The van der Waals surface area contributed by atoms with Gasteiger partial charge in [0.1, 0.15) is 5.78 Å². The van der Waals surface area contributed by atoms with Crippen molar-refractivity contribution >= 4 is 25.1 Å². The van der Waals surface area contributed by atoms with Crippen molar-refractivity contribution in [2.45, 2.75) is 90.9 Å². The van der Waals surface area contributed by atoms with Crippen LogP contribution in [0, 0.1) is 5.92 Å². The Morgan fingerprint density at radius 2 is 1.56 bits per heavy atom. The second-order valence-electron chi connectivity index (χ2n) is 11.8. The number of carbonyl (C=O) groups is 3. The van der Waals surface area contributed by atoms with Crippen LogP contribution in [0.5, 0.6) is 0 Å². The summed E-state index contributed by atoms with van der Waals surface area (Å²) >= 11 is 0. The van der Waals surface area contributed by atoms with Crippen LogP contribution in [0.4, 0.5) is 0 Å². The largest absolute Gasteiger partial charge is 0.343 e. The highest BCUT2D eigenvalue weighted by molar-refractivity contribution is 7.58. The minimum atomic E-state index is -4.06. The van der Waals surface area contributed by atoms with Gasteiger partial charge in [0.15, 0.2) is 0 Å². The highest BCUT2D eigenvalue weighted by Gasteiger charge is 2.38. The first-order chi connectivity index (χ1) is 20.6. The minimum absolute atomic E-state index is 0.108. The maximum atomic E-state index is 14.0. The third-order valence-corrected chi connectivity index (χ3v) is 10.7. The fourth-order valence-electron chi connectivity index (χ4n) is 6.06. The lowest BCUT2D eigenvalue weighted by Gasteiger charge is -2.36. The van der Waals surface area contributed by atoms with Crippen LogP contribution in [0.15, 0.2) is 54.6 Å². The van der Waals surface area contributed by atoms with Gasteiger partial charge < -0.3 is 20.0 Å². The molecule has 0 heterocycles. The van der Waals surface area contributed by atoms with Gasteiger partial charge in [0.05, 0.1) is 0 Å². The van der Waals surface area contributed by atoms with Gasteiger partial charge in [0.2, 0.25) is 13.3 Å². The Balaban J connectivity index is 1.82. The molecule has 3 atom stereocenters. The summed E-state index contributed by atoms with van der Waals surface area (Å²) in [6.45, 7) is 9.53. The second-order valence-corrected chi connectivity index (χ2v) is 14.3. The molecular weight excluding hydrogens is 561 g/mol. The van der Waals surface area contributed by atoms with Gasteiger partial charge in [-0.15, -0.1) is 0 Å². The first kappa shape index (κ1) is 34.5. The van der Waals surface area contributed by atoms with E-state index in [0.717, 1.165) is 44.1 Å².